The fourth-order valence-corrected chi connectivity index (χ4v) is 2.62. The van der Waals surface area contributed by atoms with Crippen molar-refractivity contribution in [1.29, 1.82) is 0 Å². The molecule has 2 aromatic rings. The highest BCUT2D eigenvalue weighted by atomic mass is 79.9. The first-order chi connectivity index (χ1) is 8.67. The zero-order valence-corrected chi connectivity index (χ0v) is 13.1. The van der Waals surface area contributed by atoms with Gasteiger partial charge in [-0.1, -0.05) is 52.5 Å². The second-order valence-electron chi connectivity index (χ2n) is 4.01. The van der Waals surface area contributed by atoms with Gasteiger partial charge in [0, 0.05) is 16.6 Å². The minimum atomic E-state index is 0.549. The number of benzene rings is 1. The molecule has 2 rings (SSSR count). The van der Waals surface area contributed by atoms with Crippen LogP contribution in [0, 0.1) is 0 Å². The summed E-state index contributed by atoms with van der Waals surface area (Å²) in [5, 5.41) is 6.35. The van der Waals surface area contributed by atoms with E-state index in [9.17, 15) is 0 Å². The molecule has 1 aromatic carbocycles. The molecular weight excluding hydrogens is 335 g/mol. The Morgan fingerprint density at radius 2 is 2.06 bits per heavy atom. The monoisotopic (exact) mass is 346 g/mol. The molecule has 0 atom stereocenters. The largest absolute Gasteiger partial charge is 0.237 e. The molecule has 5 heteroatoms. The Labute approximate surface area is 125 Å². The third-order valence-corrected chi connectivity index (χ3v) is 4.08. The minimum absolute atomic E-state index is 0.549. The molecule has 0 saturated carbocycles. The second-order valence-corrected chi connectivity index (χ2v) is 5.39. The van der Waals surface area contributed by atoms with Crippen LogP contribution in [0.2, 0.25) is 10.0 Å². The lowest BCUT2D eigenvalue weighted by atomic mass is 10.2. The van der Waals surface area contributed by atoms with E-state index in [2.05, 4.69) is 28.0 Å². The molecule has 0 saturated heterocycles. The first-order valence-corrected chi connectivity index (χ1v) is 7.62. The molecule has 0 aliphatic carbocycles. The van der Waals surface area contributed by atoms with Crippen LogP contribution < -0.4 is 0 Å². The number of aromatic nitrogens is 2. The van der Waals surface area contributed by atoms with E-state index in [4.69, 9.17) is 23.2 Å². The first-order valence-electron chi connectivity index (χ1n) is 5.74. The first kappa shape index (κ1) is 13.9. The third kappa shape index (κ3) is 2.73. The standard InChI is InChI=1S/C13H13BrCl2N2/c1-2-3-13-9(7-14)8-17-18(13)10-4-5-11(15)12(16)6-10/h4-6,8H,2-3,7H2,1H3. The molecule has 0 amide bonds. The van der Waals surface area contributed by atoms with Crippen LogP contribution in [-0.4, -0.2) is 9.78 Å². The van der Waals surface area contributed by atoms with Crippen LogP contribution >= 0.6 is 39.1 Å². The Morgan fingerprint density at radius 3 is 2.67 bits per heavy atom. The van der Waals surface area contributed by atoms with Crippen molar-refractivity contribution in [2.24, 2.45) is 0 Å². The Bertz CT molecular complexity index is 552. The van der Waals surface area contributed by atoms with Gasteiger partial charge < -0.3 is 0 Å². The molecule has 18 heavy (non-hydrogen) atoms. The fraction of sp³-hybridized carbons (Fsp3) is 0.308. The molecular formula is C13H13BrCl2N2. The highest BCUT2D eigenvalue weighted by Gasteiger charge is 2.11. The molecule has 0 radical (unpaired) electrons. The smallest absolute Gasteiger partial charge is 0.0664 e. The van der Waals surface area contributed by atoms with Gasteiger partial charge in [-0.2, -0.15) is 5.10 Å². The Morgan fingerprint density at radius 1 is 1.28 bits per heavy atom. The van der Waals surface area contributed by atoms with Gasteiger partial charge in [-0.05, 0) is 24.6 Å². The van der Waals surface area contributed by atoms with Crippen molar-refractivity contribution in [3.05, 3.63) is 45.7 Å². The topological polar surface area (TPSA) is 17.8 Å². The molecule has 0 bridgehead atoms. The lowest BCUT2D eigenvalue weighted by molar-refractivity contribution is 0.771. The molecule has 2 nitrogen and oxygen atoms in total. The molecule has 0 fully saturated rings. The van der Waals surface area contributed by atoms with Crippen LogP contribution in [0.5, 0.6) is 0 Å². The van der Waals surface area contributed by atoms with E-state index in [1.54, 1.807) is 6.07 Å². The maximum Gasteiger partial charge on any atom is 0.0664 e. The van der Waals surface area contributed by atoms with Crippen LogP contribution in [0.4, 0.5) is 0 Å². The van der Waals surface area contributed by atoms with Gasteiger partial charge in [-0.3, -0.25) is 0 Å². The highest BCUT2D eigenvalue weighted by molar-refractivity contribution is 9.08. The van der Waals surface area contributed by atoms with E-state index in [-0.39, 0.29) is 0 Å². The lowest BCUT2D eigenvalue weighted by Crippen LogP contribution is -2.03. The van der Waals surface area contributed by atoms with E-state index in [0.717, 1.165) is 23.9 Å². The van der Waals surface area contributed by atoms with Crippen molar-refractivity contribution >= 4 is 39.1 Å². The molecule has 1 heterocycles. The summed E-state index contributed by atoms with van der Waals surface area (Å²) in [5.41, 5.74) is 3.37. The summed E-state index contributed by atoms with van der Waals surface area (Å²) >= 11 is 15.5. The van der Waals surface area contributed by atoms with Gasteiger partial charge in [-0.25, -0.2) is 4.68 Å². The van der Waals surface area contributed by atoms with E-state index in [1.807, 2.05) is 23.0 Å². The van der Waals surface area contributed by atoms with Gasteiger partial charge in [0.05, 0.1) is 21.9 Å². The van der Waals surface area contributed by atoms with Crippen molar-refractivity contribution in [2.45, 2.75) is 25.1 Å². The summed E-state index contributed by atoms with van der Waals surface area (Å²) in [5.74, 6) is 0. The summed E-state index contributed by atoms with van der Waals surface area (Å²) < 4.78 is 1.93. The van der Waals surface area contributed by atoms with Gasteiger partial charge in [-0.15, -0.1) is 0 Å². The van der Waals surface area contributed by atoms with Crippen molar-refractivity contribution < 1.29 is 0 Å². The molecule has 0 spiro atoms. The number of hydrogen-bond acceptors (Lipinski definition) is 1. The van der Waals surface area contributed by atoms with Crippen LogP contribution in [0.3, 0.4) is 0 Å². The van der Waals surface area contributed by atoms with Gasteiger partial charge >= 0.3 is 0 Å². The third-order valence-electron chi connectivity index (χ3n) is 2.73. The Hall–Kier alpha value is -0.510. The van der Waals surface area contributed by atoms with Crippen molar-refractivity contribution in [3.63, 3.8) is 0 Å². The minimum Gasteiger partial charge on any atom is -0.237 e. The maximum atomic E-state index is 6.05. The van der Waals surface area contributed by atoms with Crippen LogP contribution in [0.15, 0.2) is 24.4 Å². The van der Waals surface area contributed by atoms with E-state index >= 15 is 0 Å². The molecule has 0 unspecified atom stereocenters. The SMILES string of the molecule is CCCc1c(CBr)cnn1-c1ccc(Cl)c(Cl)c1. The average Bonchev–Trinajstić information content (AvgIpc) is 2.76. The number of halogens is 3. The summed E-state index contributed by atoms with van der Waals surface area (Å²) in [7, 11) is 0. The average molecular weight is 348 g/mol. The zero-order chi connectivity index (χ0) is 13.1. The number of hydrogen-bond donors (Lipinski definition) is 0. The quantitative estimate of drug-likeness (QED) is 0.709. The normalized spacial score (nSPS) is 10.9. The number of alkyl halides is 1. The predicted octanol–water partition coefficient (Wildman–Crippen LogP) is 5.03. The summed E-state index contributed by atoms with van der Waals surface area (Å²) in [6, 6.07) is 5.57. The molecule has 0 N–H and O–H groups in total. The van der Waals surface area contributed by atoms with E-state index < -0.39 is 0 Å². The predicted molar refractivity (Wildman–Crippen MR) is 80.2 cm³/mol. The summed E-state index contributed by atoms with van der Waals surface area (Å²) in [6.45, 7) is 2.16. The molecule has 0 aliphatic heterocycles. The van der Waals surface area contributed by atoms with Gasteiger partial charge in [0.1, 0.15) is 0 Å². The summed E-state index contributed by atoms with van der Waals surface area (Å²) in [4.78, 5) is 0. The van der Waals surface area contributed by atoms with Crippen LogP contribution in [-0.2, 0) is 11.8 Å². The maximum absolute atomic E-state index is 6.05. The second kappa shape index (κ2) is 6.09. The van der Waals surface area contributed by atoms with Crippen molar-refractivity contribution in [3.8, 4) is 5.69 Å². The van der Waals surface area contributed by atoms with Gasteiger partial charge in [0.25, 0.3) is 0 Å². The lowest BCUT2D eigenvalue weighted by Gasteiger charge is -2.09. The summed E-state index contributed by atoms with van der Waals surface area (Å²) in [6.07, 6.45) is 3.95. The molecule has 96 valence electrons. The molecule has 1 aromatic heterocycles. The van der Waals surface area contributed by atoms with Crippen LogP contribution in [0.25, 0.3) is 5.69 Å². The van der Waals surface area contributed by atoms with Gasteiger partial charge in [0.15, 0.2) is 0 Å². The Kier molecular flexibility index (Phi) is 4.71. The molecule has 0 aliphatic rings. The van der Waals surface area contributed by atoms with Crippen molar-refractivity contribution in [2.75, 3.05) is 0 Å². The van der Waals surface area contributed by atoms with Gasteiger partial charge in [0.2, 0.25) is 0 Å². The Balaban J connectivity index is 2.49. The van der Waals surface area contributed by atoms with Crippen LogP contribution in [0.1, 0.15) is 24.6 Å². The number of nitrogens with zero attached hydrogens (tertiary/aromatic N) is 2. The zero-order valence-electron chi connectivity index (χ0n) is 9.96. The van der Waals surface area contributed by atoms with E-state index in [0.29, 0.717) is 10.0 Å². The van der Waals surface area contributed by atoms with Crippen molar-refractivity contribution in [1.82, 2.24) is 9.78 Å². The fourth-order valence-electron chi connectivity index (χ4n) is 1.86. The number of rotatable bonds is 4. The van der Waals surface area contributed by atoms with E-state index in [1.165, 1.54) is 11.3 Å². The highest BCUT2D eigenvalue weighted by Crippen LogP contribution is 2.26.